The third-order valence-corrected chi connectivity index (χ3v) is 5.49. The highest BCUT2D eigenvalue weighted by Gasteiger charge is 2.18. The number of halogens is 1. The summed E-state index contributed by atoms with van der Waals surface area (Å²) in [4.78, 5) is 17.4. The highest BCUT2D eigenvalue weighted by atomic mass is 79.9. The lowest BCUT2D eigenvalue weighted by atomic mass is 9.87. The molecule has 0 saturated heterocycles. The van der Waals surface area contributed by atoms with Crippen molar-refractivity contribution < 1.29 is 9.57 Å². The molecule has 170 valence electrons. The van der Waals surface area contributed by atoms with Crippen molar-refractivity contribution in [1.29, 1.82) is 0 Å². The summed E-state index contributed by atoms with van der Waals surface area (Å²) < 4.78 is 9.40. The van der Waals surface area contributed by atoms with Crippen molar-refractivity contribution in [1.82, 2.24) is 19.8 Å². The molecule has 3 aromatic rings. The Morgan fingerprint density at radius 3 is 2.53 bits per heavy atom. The summed E-state index contributed by atoms with van der Waals surface area (Å²) in [7, 11) is 3.12. The van der Waals surface area contributed by atoms with E-state index >= 15 is 0 Å². The predicted octanol–water partition coefficient (Wildman–Crippen LogP) is 4.40. The van der Waals surface area contributed by atoms with Crippen molar-refractivity contribution >= 4 is 21.6 Å². The van der Waals surface area contributed by atoms with Gasteiger partial charge in [-0.3, -0.25) is 0 Å². The number of nitrogens with zero attached hydrogens (tertiary/aromatic N) is 5. The minimum atomic E-state index is -0.314. The van der Waals surface area contributed by atoms with Crippen molar-refractivity contribution in [3.8, 4) is 11.4 Å². The van der Waals surface area contributed by atoms with Gasteiger partial charge in [0, 0.05) is 18.2 Å². The number of hydrogen-bond acceptors (Lipinski definition) is 6. The second-order valence-corrected chi connectivity index (χ2v) is 9.62. The normalized spacial score (nSPS) is 12.2. The zero-order chi connectivity index (χ0) is 23.5. The third-order valence-electron chi connectivity index (χ3n) is 4.87. The van der Waals surface area contributed by atoms with Crippen LogP contribution in [0.4, 0.5) is 0 Å². The number of ether oxygens (including phenoxy) is 1. The molecule has 0 atom stereocenters. The first-order chi connectivity index (χ1) is 15.1. The Bertz CT molecular complexity index is 1190. The average Bonchev–Trinajstić information content (AvgIpc) is 3.05. The van der Waals surface area contributed by atoms with E-state index in [-0.39, 0.29) is 17.7 Å². The fourth-order valence-electron chi connectivity index (χ4n) is 3.28. The molecule has 1 aromatic heterocycles. The van der Waals surface area contributed by atoms with Crippen LogP contribution in [-0.4, -0.2) is 32.6 Å². The summed E-state index contributed by atoms with van der Waals surface area (Å²) in [6.07, 6.45) is 0.771. The zero-order valence-corrected chi connectivity index (χ0v) is 20.8. The van der Waals surface area contributed by atoms with E-state index in [1.165, 1.54) is 9.36 Å². The minimum absolute atomic E-state index is 0.0681. The molecule has 0 spiro atoms. The van der Waals surface area contributed by atoms with Crippen LogP contribution in [0.25, 0.3) is 5.69 Å². The van der Waals surface area contributed by atoms with Crippen molar-refractivity contribution in [3.63, 3.8) is 0 Å². The topological polar surface area (TPSA) is 83.5 Å². The van der Waals surface area contributed by atoms with E-state index in [2.05, 4.69) is 52.3 Å². The Balaban J connectivity index is 1.87. The molecule has 2 aromatic carbocycles. The fraction of sp³-hybridized carbons (Fsp3) is 0.391. The number of oxime groups is 1. The lowest BCUT2D eigenvalue weighted by Gasteiger charge is -2.19. The molecule has 3 rings (SSSR count). The van der Waals surface area contributed by atoms with Crippen LogP contribution >= 0.6 is 15.9 Å². The Morgan fingerprint density at radius 2 is 1.94 bits per heavy atom. The van der Waals surface area contributed by atoms with Crippen LogP contribution in [0, 0.1) is 12.3 Å². The molecule has 0 bridgehead atoms. The summed E-state index contributed by atoms with van der Waals surface area (Å²) in [5, 5.41) is 12.0. The first kappa shape index (κ1) is 23.7. The van der Waals surface area contributed by atoms with Crippen molar-refractivity contribution in [3.05, 3.63) is 68.0 Å². The number of benzene rings is 2. The van der Waals surface area contributed by atoms with E-state index in [9.17, 15) is 4.79 Å². The SMILES string of the molecule is CON=C(CC(C)(C)C)c1ccc(OCc2c(C)cccc2-n2nnn(C)c2=O)c(Br)c1. The number of tetrazole rings is 1. The first-order valence-electron chi connectivity index (χ1n) is 10.2. The molecule has 32 heavy (non-hydrogen) atoms. The maximum absolute atomic E-state index is 12.3. The molecule has 0 saturated carbocycles. The predicted molar refractivity (Wildman–Crippen MR) is 127 cm³/mol. The monoisotopic (exact) mass is 501 g/mol. The van der Waals surface area contributed by atoms with Crippen molar-refractivity contribution in [2.75, 3.05) is 7.11 Å². The van der Waals surface area contributed by atoms with Crippen molar-refractivity contribution in [2.24, 2.45) is 17.6 Å². The molecule has 1 heterocycles. The number of aromatic nitrogens is 4. The molecule has 0 fully saturated rings. The number of rotatable bonds is 7. The van der Waals surface area contributed by atoms with Gasteiger partial charge in [0.15, 0.2) is 0 Å². The molecule has 0 amide bonds. The van der Waals surface area contributed by atoms with Crippen LogP contribution in [-0.2, 0) is 18.5 Å². The van der Waals surface area contributed by atoms with Gasteiger partial charge < -0.3 is 9.57 Å². The highest BCUT2D eigenvalue weighted by Crippen LogP contribution is 2.30. The van der Waals surface area contributed by atoms with Gasteiger partial charge in [-0.1, -0.05) is 38.1 Å². The molecule has 0 unspecified atom stereocenters. The van der Waals surface area contributed by atoms with Crippen LogP contribution in [0.1, 0.15) is 43.9 Å². The molecular weight excluding hydrogens is 474 g/mol. The second-order valence-electron chi connectivity index (χ2n) is 8.76. The first-order valence-corrected chi connectivity index (χ1v) is 11.0. The van der Waals surface area contributed by atoms with Crippen LogP contribution in [0.2, 0.25) is 0 Å². The largest absolute Gasteiger partial charge is 0.488 e. The maximum atomic E-state index is 12.3. The molecule has 0 aliphatic rings. The lowest BCUT2D eigenvalue weighted by molar-refractivity contribution is 0.211. The van der Waals surface area contributed by atoms with Crippen molar-refractivity contribution in [2.45, 2.75) is 40.7 Å². The smallest absolute Gasteiger partial charge is 0.368 e. The van der Waals surface area contributed by atoms with Crippen LogP contribution in [0.5, 0.6) is 5.75 Å². The second kappa shape index (κ2) is 9.68. The average molecular weight is 502 g/mol. The van der Waals surface area contributed by atoms with E-state index in [4.69, 9.17) is 9.57 Å². The zero-order valence-electron chi connectivity index (χ0n) is 19.2. The maximum Gasteiger partial charge on any atom is 0.368 e. The molecule has 8 nitrogen and oxygen atoms in total. The van der Waals surface area contributed by atoms with Gasteiger partial charge in [0.25, 0.3) is 0 Å². The van der Waals surface area contributed by atoms with E-state index in [0.29, 0.717) is 11.4 Å². The van der Waals surface area contributed by atoms with Gasteiger partial charge in [-0.15, -0.1) is 0 Å². The van der Waals surface area contributed by atoms with E-state index in [0.717, 1.165) is 33.3 Å². The van der Waals surface area contributed by atoms with Gasteiger partial charge in [0.2, 0.25) is 0 Å². The van der Waals surface area contributed by atoms with Crippen LogP contribution in [0.3, 0.4) is 0 Å². The molecule has 0 N–H and O–H groups in total. The van der Waals surface area contributed by atoms with Gasteiger partial charge in [-0.25, -0.2) is 4.79 Å². The molecule has 0 aliphatic carbocycles. The Labute approximate surface area is 195 Å². The summed E-state index contributed by atoms with van der Waals surface area (Å²) in [6.45, 7) is 8.72. The summed E-state index contributed by atoms with van der Waals surface area (Å²) in [6, 6.07) is 11.5. The van der Waals surface area contributed by atoms with E-state index in [1.807, 2.05) is 43.3 Å². The molecule has 0 aliphatic heterocycles. The van der Waals surface area contributed by atoms with Gasteiger partial charge in [0.1, 0.15) is 19.5 Å². The Hall–Kier alpha value is -2.94. The molecule has 0 radical (unpaired) electrons. The third kappa shape index (κ3) is 5.45. The Kier molecular flexibility index (Phi) is 7.18. The van der Waals surface area contributed by atoms with Gasteiger partial charge in [-0.05, 0) is 74.9 Å². The number of hydrogen-bond donors (Lipinski definition) is 0. The molecular formula is C23H28BrN5O3. The highest BCUT2D eigenvalue weighted by molar-refractivity contribution is 9.10. The quantitative estimate of drug-likeness (QED) is 0.353. The van der Waals surface area contributed by atoms with E-state index < -0.39 is 0 Å². The lowest BCUT2D eigenvalue weighted by Crippen LogP contribution is -2.23. The Morgan fingerprint density at radius 1 is 1.19 bits per heavy atom. The van der Waals surface area contributed by atoms with Crippen LogP contribution in [0.15, 0.2) is 50.8 Å². The van der Waals surface area contributed by atoms with Gasteiger partial charge in [0.05, 0.1) is 15.9 Å². The summed E-state index contributed by atoms with van der Waals surface area (Å²) in [5.41, 5.74) is 4.09. The molecule has 9 heteroatoms. The number of aryl methyl sites for hydroxylation is 2. The minimum Gasteiger partial charge on any atom is -0.488 e. The fourth-order valence-corrected chi connectivity index (χ4v) is 3.78. The summed E-state index contributed by atoms with van der Waals surface area (Å²) in [5.74, 6) is 0.682. The van der Waals surface area contributed by atoms with Gasteiger partial charge in [-0.2, -0.15) is 9.36 Å². The van der Waals surface area contributed by atoms with Crippen LogP contribution < -0.4 is 10.4 Å². The summed E-state index contributed by atoms with van der Waals surface area (Å²) >= 11 is 3.61. The van der Waals surface area contributed by atoms with Gasteiger partial charge >= 0.3 is 5.69 Å². The van der Waals surface area contributed by atoms with E-state index in [1.54, 1.807) is 14.2 Å². The standard InChI is InChI=1S/C23H28BrN5O3/c1-15-8-7-9-20(29-22(30)28(5)26-27-29)17(15)14-32-21-11-10-16(12-18(21)24)19(25-31-6)13-23(2,3)4/h7-12H,13-14H2,1-6H3.